The summed E-state index contributed by atoms with van der Waals surface area (Å²) in [5, 5.41) is 7.90. The molecule has 2 aliphatic rings. The highest BCUT2D eigenvalue weighted by Gasteiger charge is 2.27. The predicted octanol–water partition coefficient (Wildman–Crippen LogP) is 2.02. The molecule has 0 saturated carbocycles. The Kier molecular flexibility index (Phi) is 5.20. The van der Waals surface area contributed by atoms with Crippen LogP contribution in [0.4, 0.5) is 0 Å². The van der Waals surface area contributed by atoms with Crippen LogP contribution < -0.4 is 5.32 Å². The van der Waals surface area contributed by atoms with Crippen LogP contribution in [-0.4, -0.2) is 43.6 Å². The molecule has 2 aromatic rings. The van der Waals surface area contributed by atoms with Gasteiger partial charge in [0.15, 0.2) is 0 Å². The maximum atomic E-state index is 12.9. The largest absolute Gasteiger partial charge is 0.338 e. The van der Waals surface area contributed by atoms with Crippen LogP contribution in [0.25, 0.3) is 0 Å². The highest BCUT2D eigenvalue weighted by molar-refractivity contribution is 5.78. The van der Waals surface area contributed by atoms with E-state index in [0.717, 1.165) is 48.7 Å². The fourth-order valence-corrected chi connectivity index (χ4v) is 4.00. The highest BCUT2D eigenvalue weighted by Crippen LogP contribution is 2.24. The van der Waals surface area contributed by atoms with E-state index in [1.54, 1.807) is 0 Å². The number of piperidine rings is 1. The SMILES string of the molecule is Cc1ccn(C[C@H](C)C(=O)N2CCc3nc([C@H]4CCCCN4)ncc3C2)n1. The summed E-state index contributed by atoms with van der Waals surface area (Å²) in [6.07, 6.45) is 8.22. The van der Waals surface area contributed by atoms with E-state index in [4.69, 9.17) is 4.98 Å². The molecule has 1 saturated heterocycles. The number of nitrogens with zero attached hydrogens (tertiary/aromatic N) is 5. The smallest absolute Gasteiger partial charge is 0.227 e. The highest BCUT2D eigenvalue weighted by atomic mass is 16.2. The first-order chi connectivity index (χ1) is 13.1. The second-order valence-electron chi connectivity index (χ2n) is 7.79. The molecule has 2 aliphatic heterocycles. The van der Waals surface area contributed by atoms with Gasteiger partial charge >= 0.3 is 0 Å². The number of amides is 1. The molecule has 4 rings (SSSR count). The third kappa shape index (κ3) is 4.03. The lowest BCUT2D eigenvalue weighted by Gasteiger charge is -2.31. The van der Waals surface area contributed by atoms with Gasteiger partial charge in [0, 0.05) is 37.5 Å². The molecule has 7 heteroatoms. The summed E-state index contributed by atoms with van der Waals surface area (Å²) in [6, 6.07) is 2.24. The number of aromatic nitrogens is 4. The van der Waals surface area contributed by atoms with Crippen LogP contribution in [0.3, 0.4) is 0 Å². The summed E-state index contributed by atoms with van der Waals surface area (Å²) < 4.78 is 1.85. The number of aryl methyl sites for hydroxylation is 1. The number of rotatable bonds is 4. The van der Waals surface area contributed by atoms with Gasteiger partial charge in [0.05, 0.1) is 29.9 Å². The number of hydrogen-bond acceptors (Lipinski definition) is 5. The summed E-state index contributed by atoms with van der Waals surface area (Å²) in [4.78, 5) is 24.2. The summed E-state index contributed by atoms with van der Waals surface area (Å²) in [7, 11) is 0. The molecule has 0 spiro atoms. The van der Waals surface area contributed by atoms with Gasteiger partial charge in [0.25, 0.3) is 0 Å². The lowest BCUT2D eigenvalue weighted by atomic mass is 10.0. The van der Waals surface area contributed by atoms with Gasteiger partial charge in [-0.3, -0.25) is 9.48 Å². The van der Waals surface area contributed by atoms with Crippen LogP contribution in [0.5, 0.6) is 0 Å². The minimum absolute atomic E-state index is 0.0996. The molecule has 144 valence electrons. The van der Waals surface area contributed by atoms with Crippen LogP contribution in [0.1, 0.15) is 55.0 Å². The molecular formula is C20H28N6O. The van der Waals surface area contributed by atoms with Gasteiger partial charge in [0.2, 0.25) is 5.91 Å². The standard InChI is InChI=1S/C20H28N6O/c1-14(12-26-10-6-15(2)24-26)20(27)25-9-7-17-16(13-25)11-22-19(23-17)18-5-3-4-8-21-18/h6,10-11,14,18,21H,3-5,7-9,12-13H2,1-2H3/t14-,18+/m0/s1. The molecule has 27 heavy (non-hydrogen) atoms. The Hall–Kier alpha value is -2.28. The Balaban J connectivity index is 1.40. The lowest BCUT2D eigenvalue weighted by molar-refractivity contribution is -0.136. The number of carbonyl (C=O) groups is 1. The quantitative estimate of drug-likeness (QED) is 0.893. The van der Waals surface area contributed by atoms with Gasteiger partial charge in [0.1, 0.15) is 5.82 Å². The summed E-state index contributed by atoms with van der Waals surface area (Å²) in [6.45, 7) is 6.92. The predicted molar refractivity (Wildman–Crippen MR) is 102 cm³/mol. The molecular weight excluding hydrogens is 340 g/mol. The van der Waals surface area contributed by atoms with E-state index in [0.29, 0.717) is 13.1 Å². The van der Waals surface area contributed by atoms with E-state index >= 15 is 0 Å². The zero-order chi connectivity index (χ0) is 18.8. The van der Waals surface area contributed by atoms with Crippen molar-refractivity contribution in [2.75, 3.05) is 13.1 Å². The molecule has 7 nitrogen and oxygen atoms in total. The maximum absolute atomic E-state index is 12.9. The zero-order valence-corrected chi connectivity index (χ0v) is 16.2. The Labute approximate surface area is 160 Å². The van der Waals surface area contributed by atoms with Crippen molar-refractivity contribution in [3.8, 4) is 0 Å². The fraction of sp³-hybridized carbons (Fsp3) is 0.600. The molecule has 0 bridgehead atoms. The van der Waals surface area contributed by atoms with Crippen LogP contribution in [-0.2, 0) is 24.3 Å². The molecule has 0 aromatic carbocycles. The Morgan fingerprint density at radius 1 is 1.41 bits per heavy atom. The second kappa shape index (κ2) is 7.76. The van der Waals surface area contributed by atoms with Gasteiger partial charge in [-0.25, -0.2) is 9.97 Å². The van der Waals surface area contributed by atoms with Gasteiger partial charge < -0.3 is 10.2 Å². The molecule has 4 heterocycles. The maximum Gasteiger partial charge on any atom is 0.227 e. The zero-order valence-electron chi connectivity index (χ0n) is 16.2. The summed E-state index contributed by atoms with van der Waals surface area (Å²) in [5.74, 6) is 0.986. The van der Waals surface area contributed by atoms with E-state index < -0.39 is 0 Å². The molecule has 0 unspecified atom stereocenters. The van der Waals surface area contributed by atoms with E-state index in [1.165, 1.54) is 12.8 Å². The van der Waals surface area contributed by atoms with E-state index in [-0.39, 0.29) is 17.9 Å². The topological polar surface area (TPSA) is 75.9 Å². The van der Waals surface area contributed by atoms with Crippen LogP contribution in [0.2, 0.25) is 0 Å². The molecule has 1 fully saturated rings. The van der Waals surface area contributed by atoms with Crippen LogP contribution in [0, 0.1) is 12.8 Å². The van der Waals surface area contributed by atoms with Gasteiger partial charge in [-0.05, 0) is 32.4 Å². The Morgan fingerprint density at radius 3 is 3.04 bits per heavy atom. The molecule has 1 amide bonds. The van der Waals surface area contributed by atoms with Gasteiger partial charge in [-0.2, -0.15) is 5.10 Å². The van der Waals surface area contributed by atoms with E-state index in [9.17, 15) is 4.79 Å². The van der Waals surface area contributed by atoms with Gasteiger partial charge in [-0.1, -0.05) is 13.3 Å². The first-order valence-electron chi connectivity index (χ1n) is 9.97. The molecule has 1 N–H and O–H groups in total. The summed E-state index contributed by atoms with van der Waals surface area (Å²) in [5.41, 5.74) is 3.16. The normalized spacial score (nSPS) is 21.0. The van der Waals surface area contributed by atoms with Crippen LogP contribution >= 0.6 is 0 Å². The minimum atomic E-state index is -0.0996. The number of nitrogens with one attached hydrogen (secondary N) is 1. The van der Waals surface area contributed by atoms with Crippen molar-refractivity contribution in [1.82, 2.24) is 30.0 Å². The van der Waals surface area contributed by atoms with E-state index in [2.05, 4.69) is 15.4 Å². The van der Waals surface area contributed by atoms with Crippen molar-refractivity contribution in [2.45, 2.75) is 58.7 Å². The number of fused-ring (bicyclic) bond motifs is 1. The fourth-order valence-electron chi connectivity index (χ4n) is 4.00. The van der Waals surface area contributed by atoms with Crippen molar-refractivity contribution in [1.29, 1.82) is 0 Å². The second-order valence-corrected chi connectivity index (χ2v) is 7.79. The van der Waals surface area contributed by atoms with Gasteiger partial charge in [-0.15, -0.1) is 0 Å². The first-order valence-corrected chi connectivity index (χ1v) is 9.97. The van der Waals surface area contributed by atoms with Crippen molar-refractivity contribution in [3.05, 3.63) is 41.2 Å². The molecule has 0 radical (unpaired) electrons. The first kappa shape index (κ1) is 18.1. The van der Waals surface area contributed by atoms with Crippen molar-refractivity contribution in [2.24, 2.45) is 5.92 Å². The third-order valence-corrected chi connectivity index (χ3v) is 5.54. The van der Waals surface area contributed by atoms with Crippen LogP contribution in [0.15, 0.2) is 18.5 Å². The minimum Gasteiger partial charge on any atom is -0.338 e. The van der Waals surface area contributed by atoms with Crippen molar-refractivity contribution in [3.63, 3.8) is 0 Å². The number of carbonyl (C=O) groups excluding carboxylic acids is 1. The lowest BCUT2D eigenvalue weighted by Crippen LogP contribution is -2.40. The van der Waals surface area contributed by atoms with E-state index in [1.807, 2.05) is 41.9 Å². The Morgan fingerprint density at radius 2 is 2.30 bits per heavy atom. The number of hydrogen-bond donors (Lipinski definition) is 1. The average Bonchev–Trinajstić information content (AvgIpc) is 3.11. The summed E-state index contributed by atoms with van der Waals surface area (Å²) >= 11 is 0. The molecule has 2 atom stereocenters. The average molecular weight is 368 g/mol. The monoisotopic (exact) mass is 368 g/mol. The third-order valence-electron chi connectivity index (χ3n) is 5.54. The Bertz CT molecular complexity index is 811. The molecule has 2 aromatic heterocycles. The molecule has 0 aliphatic carbocycles. The van der Waals surface area contributed by atoms with Crippen molar-refractivity contribution < 1.29 is 4.79 Å². The van der Waals surface area contributed by atoms with Crippen molar-refractivity contribution >= 4 is 5.91 Å².